The van der Waals surface area contributed by atoms with Crippen LogP contribution >= 0.6 is 11.6 Å². The SMILES string of the molecule is Fc1ccc(Cl)c(-c2ccc(NCCC3CCN(CC4CCCCCC4)CC3)nn2)c1. The first-order chi connectivity index (χ1) is 15.2. The third-order valence-electron chi connectivity index (χ3n) is 6.93. The van der Waals surface area contributed by atoms with Crippen molar-refractivity contribution >= 4 is 17.4 Å². The zero-order valence-corrected chi connectivity index (χ0v) is 19.1. The fourth-order valence-electron chi connectivity index (χ4n) is 5.04. The number of halogens is 2. The van der Waals surface area contributed by atoms with Gasteiger partial charge in [0.25, 0.3) is 0 Å². The van der Waals surface area contributed by atoms with Crippen molar-refractivity contribution in [2.45, 2.75) is 57.8 Å². The molecule has 1 aromatic heterocycles. The predicted octanol–water partition coefficient (Wildman–Crippen LogP) is 6.42. The number of benzene rings is 1. The maximum absolute atomic E-state index is 13.5. The van der Waals surface area contributed by atoms with Gasteiger partial charge in [-0.05, 0) is 87.4 Å². The number of rotatable bonds is 7. The zero-order valence-electron chi connectivity index (χ0n) is 18.3. The molecule has 2 aliphatic rings. The van der Waals surface area contributed by atoms with Crippen molar-refractivity contribution in [1.29, 1.82) is 0 Å². The molecule has 168 valence electrons. The van der Waals surface area contributed by atoms with Crippen LogP contribution in [0.5, 0.6) is 0 Å². The van der Waals surface area contributed by atoms with E-state index in [1.54, 1.807) is 6.07 Å². The largest absolute Gasteiger partial charge is 0.369 e. The molecule has 1 saturated carbocycles. The number of nitrogens with zero attached hydrogens (tertiary/aromatic N) is 3. The summed E-state index contributed by atoms with van der Waals surface area (Å²) in [7, 11) is 0. The van der Waals surface area contributed by atoms with Crippen LogP contribution in [0.15, 0.2) is 30.3 Å². The highest BCUT2D eigenvalue weighted by atomic mass is 35.5. The molecular formula is C25H34ClFN4. The second-order valence-electron chi connectivity index (χ2n) is 9.25. The second kappa shape index (κ2) is 11.2. The number of nitrogens with one attached hydrogen (secondary N) is 1. The molecule has 2 heterocycles. The van der Waals surface area contributed by atoms with E-state index >= 15 is 0 Å². The summed E-state index contributed by atoms with van der Waals surface area (Å²) >= 11 is 6.16. The van der Waals surface area contributed by atoms with Crippen LogP contribution in [0.25, 0.3) is 11.3 Å². The molecule has 4 nitrogen and oxygen atoms in total. The Morgan fingerprint density at radius 1 is 0.935 bits per heavy atom. The first kappa shape index (κ1) is 22.5. The van der Waals surface area contributed by atoms with Crippen LogP contribution in [-0.2, 0) is 0 Å². The number of anilines is 1. The normalized spacial score (nSPS) is 19.3. The van der Waals surface area contributed by atoms with E-state index in [9.17, 15) is 4.39 Å². The lowest BCUT2D eigenvalue weighted by atomic mass is 9.92. The topological polar surface area (TPSA) is 41.0 Å². The fourth-order valence-corrected chi connectivity index (χ4v) is 5.25. The standard InChI is InChI=1S/C25H34ClFN4/c26-23-8-7-21(27)17-22(23)24-9-10-25(30-29-24)28-14-11-19-12-15-31(16-13-19)18-20-5-3-1-2-4-6-20/h7-10,17,19-20H,1-6,11-16,18H2,(H,28,30). The molecule has 2 fully saturated rings. The van der Waals surface area contributed by atoms with E-state index in [0.717, 1.165) is 30.6 Å². The molecular weight excluding hydrogens is 411 g/mol. The number of hydrogen-bond acceptors (Lipinski definition) is 4. The highest BCUT2D eigenvalue weighted by Gasteiger charge is 2.22. The molecule has 0 unspecified atom stereocenters. The molecule has 0 amide bonds. The summed E-state index contributed by atoms with van der Waals surface area (Å²) in [4.78, 5) is 2.71. The maximum atomic E-state index is 13.5. The van der Waals surface area contributed by atoms with Gasteiger partial charge in [0, 0.05) is 18.7 Å². The summed E-state index contributed by atoms with van der Waals surface area (Å²) in [5.74, 6) is 2.14. The van der Waals surface area contributed by atoms with Gasteiger partial charge in [-0.15, -0.1) is 10.2 Å². The summed E-state index contributed by atoms with van der Waals surface area (Å²) in [6.45, 7) is 4.73. The van der Waals surface area contributed by atoms with Gasteiger partial charge in [0.1, 0.15) is 11.6 Å². The van der Waals surface area contributed by atoms with Crippen LogP contribution in [0.2, 0.25) is 5.02 Å². The van der Waals surface area contributed by atoms with Gasteiger partial charge in [-0.3, -0.25) is 0 Å². The second-order valence-corrected chi connectivity index (χ2v) is 9.65. The van der Waals surface area contributed by atoms with E-state index in [-0.39, 0.29) is 5.82 Å². The molecule has 4 rings (SSSR count). The van der Waals surface area contributed by atoms with Gasteiger partial charge in [-0.2, -0.15) is 0 Å². The lowest BCUT2D eigenvalue weighted by Crippen LogP contribution is -2.37. The highest BCUT2D eigenvalue weighted by molar-refractivity contribution is 6.33. The molecule has 0 radical (unpaired) electrons. The van der Waals surface area contributed by atoms with Gasteiger partial charge in [0.15, 0.2) is 0 Å². The first-order valence-electron chi connectivity index (χ1n) is 11.9. The molecule has 0 spiro atoms. The number of aromatic nitrogens is 2. The van der Waals surface area contributed by atoms with Crippen molar-refractivity contribution in [3.05, 3.63) is 41.2 Å². The Hall–Kier alpha value is -1.72. The van der Waals surface area contributed by atoms with Crippen LogP contribution < -0.4 is 5.32 Å². The van der Waals surface area contributed by atoms with Crippen LogP contribution in [0.4, 0.5) is 10.2 Å². The van der Waals surface area contributed by atoms with E-state index in [1.807, 2.05) is 12.1 Å². The Balaban J connectivity index is 1.17. The van der Waals surface area contributed by atoms with Gasteiger partial charge < -0.3 is 10.2 Å². The summed E-state index contributed by atoms with van der Waals surface area (Å²) in [6, 6.07) is 8.00. The highest BCUT2D eigenvalue weighted by Crippen LogP contribution is 2.28. The summed E-state index contributed by atoms with van der Waals surface area (Å²) in [5.41, 5.74) is 1.15. The minimum absolute atomic E-state index is 0.330. The average Bonchev–Trinajstić information content (AvgIpc) is 3.06. The number of hydrogen-bond donors (Lipinski definition) is 1. The Morgan fingerprint density at radius 3 is 2.42 bits per heavy atom. The van der Waals surface area contributed by atoms with Gasteiger partial charge in [0.05, 0.1) is 10.7 Å². The van der Waals surface area contributed by atoms with Gasteiger partial charge in [-0.1, -0.05) is 37.3 Å². The van der Waals surface area contributed by atoms with Crippen molar-refractivity contribution in [2.24, 2.45) is 11.8 Å². The quantitative estimate of drug-likeness (QED) is 0.500. The Kier molecular flexibility index (Phi) is 8.15. The zero-order chi connectivity index (χ0) is 21.5. The molecule has 0 bridgehead atoms. The van der Waals surface area contributed by atoms with E-state index < -0.39 is 0 Å². The smallest absolute Gasteiger partial charge is 0.148 e. The van der Waals surface area contributed by atoms with E-state index in [1.165, 1.54) is 83.1 Å². The molecule has 31 heavy (non-hydrogen) atoms. The van der Waals surface area contributed by atoms with E-state index in [4.69, 9.17) is 11.6 Å². The van der Waals surface area contributed by atoms with Crippen molar-refractivity contribution in [1.82, 2.24) is 15.1 Å². The summed E-state index contributed by atoms with van der Waals surface area (Å²) < 4.78 is 13.5. The molecule has 2 aromatic rings. The van der Waals surface area contributed by atoms with Gasteiger partial charge in [0.2, 0.25) is 0 Å². The number of likely N-dealkylation sites (tertiary alicyclic amines) is 1. The predicted molar refractivity (Wildman–Crippen MR) is 126 cm³/mol. The van der Waals surface area contributed by atoms with E-state index in [2.05, 4.69) is 20.4 Å². The maximum Gasteiger partial charge on any atom is 0.148 e. The minimum atomic E-state index is -0.330. The molecule has 6 heteroatoms. The van der Waals surface area contributed by atoms with E-state index in [0.29, 0.717) is 16.3 Å². The molecule has 1 N–H and O–H groups in total. The first-order valence-corrected chi connectivity index (χ1v) is 12.3. The Labute approximate surface area is 190 Å². The van der Waals surface area contributed by atoms with Crippen LogP contribution in [-0.4, -0.2) is 41.3 Å². The summed E-state index contributed by atoms with van der Waals surface area (Å²) in [6.07, 6.45) is 12.4. The third-order valence-corrected chi connectivity index (χ3v) is 7.26. The van der Waals surface area contributed by atoms with Crippen molar-refractivity contribution in [3.8, 4) is 11.3 Å². The Bertz CT molecular complexity index is 813. The minimum Gasteiger partial charge on any atom is -0.369 e. The molecule has 1 aromatic carbocycles. The average molecular weight is 445 g/mol. The lowest BCUT2D eigenvalue weighted by Gasteiger charge is -2.34. The fraction of sp³-hybridized carbons (Fsp3) is 0.600. The van der Waals surface area contributed by atoms with Crippen molar-refractivity contribution < 1.29 is 4.39 Å². The molecule has 1 saturated heterocycles. The summed E-state index contributed by atoms with van der Waals surface area (Å²) in [5, 5.41) is 12.3. The van der Waals surface area contributed by atoms with Crippen LogP contribution in [0.3, 0.4) is 0 Å². The lowest BCUT2D eigenvalue weighted by molar-refractivity contribution is 0.152. The third kappa shape index (κ3) is 6.63. The number of piperidine rings is 1. The van der Waals surface area contributed by atoms with Crippen LogP contribution in [0.1, 0.15) is 57.8 Å². The van der Waals surface area contributed by atoms with Crippen molar-refractivity contribution in [2.75, 3.05) is 31.5 Å². The molecule has 1 aliphatic heterocycles. The van der Waals surface area contributed by atoms with Crippen LogP contribution in [0, 0.1) is 17.7 Å². The molecule has 1 aliphatic carbocycles. The monoisotopic (exact) mass is 444 g/mol. The molecule has 0 atom stereocenters. The van der Waals surface area contributed by atoms with Crippen molar-refractivity contribution in [3.63, 3.8) is 0 Å². The van der Waals surface area contributed by atoms with Gasteiger partial charge >= 0.3 is 0 Å². The Morgan fingerprint density at radius 2 is 1.71 bits per heavy atom. The van der Waals surface area contributed by atoms with Gasteiger partial charge in [-0.25, -0.2) is 4.39 Å².